The number of carbonyl (C=O) groups excluding carboxylic acids is 2. The molecule has 0 atom stereocenters. The van der Waals surface area contributed by atoms with Gasteiger partial charge < -0.3 is 19.3 Å². The molecule has 2 aromatic carbocycles. The first-order chi connectivity index (χ1) is 18.4. The second-order valence-corrected chi connectivity index (χ2v) is 10.5. The highest BCUT2D eigenvalue weighted by atomic mass is 32.1. The summed E-state index contributed by atoms with van der Waals surface area (Å²) in [6, 6.07) is 19.7. The van der Waals surface area contributed by atoms with Crippen LogP contribution in [-0.2, 0) is 22.6 Å². The molecular weight excluding hydrogens is 496 g/mol. The standard InChI is InChI=1S/C31H38N2O4S/c1-5-6-19-32(30(34)17-14-25-10-8-7-9-11-25)23-31(35)33(22-27-15-12-24(2)38-27)20-18-26-13-16-28(36-3)29(21-26)37-4/h7-17,21H,5-6,18-20,22-23H2,1-4H3. The van der Waals surface area contributed by atoms with Crippen molar-refractivity contribution in [2.75, 3.05) is 33.9 Å². The Balaban J connectivity index is 1.75. The number of amides is 2. The fourth-order valence-corrected chi connectivity index (χ4v) is 4.97. The van der Waals surface area contributed by atoms with Crippen molar-refractivity contribution >= 4 is 29.2 Å². The molecule has 0 N–H and O–H groups in total. The Kier molecular flexibility index (Phi) is 11.4. The van der Waals surface area contributed by atoms with E-state index in [1.807, 2.05) is 53.4 Å². The first kappa shape index (κ1) is 29.0. The molecule has 0 spiro atoms. The Morgan fingerprint density at radius 1 is 0.921 bits per heavy atom. The normalized spacial score (nSPS) is 10.9. The molecule has 0 fully saturated rings. The van der Waals surface area contributed by atoms with Gasteiger partial charge in [0.2, 0.25) is 11.8 Å². The van der Waals surface area contributed by atoms with Crippen molar-refractivity contribution in [1.29, 1.82) is 0 Å². The van der Waals surface area contributed by atoms with Gasteiger partial charge in [0.15, 0.2) is 11.5 Å². The summed E-state index contributed by atoms with van der Waals surface area (Å²) in [7, 11) is 3.23. The minimum Gasteiger partial charge on any atom is -0.493 e. The fraction of sp³-hybridized carbons (Fsp3) is 0.355. The van der Waals surface area contributed by atoms with Gasteiger partial charge in [0.05, 0.1) is 20.8 Å². The van der Waals surface area contributed by atoms with Crippen LogP contribution in [0.3, 0.4) is 0 Å². The molecule has 1 aromatic heterocycles. The molecule has 0 saturated carbocycles. The van der Waals surface area contributed by atoms with Crippen molar-refractivity contribution in [3.8, 4) is 11.5 Å². The summed E-state index contributed by atoms with van der Waals surface area (Å²) in [6.45, 7) is 5.78. The van der Waals surface area contributed by atoms with Gasteiger partial charge in [-0.1, -0.05) is 49.7 Å². The number of ether oxygens (including phenoxy) is 2. The van der Waals surface area contributed by atoms with Gasteiger partial charge in [-0.05, 0) is 61.2 Å². The molecule has 0 aliphatic carbocycles. The molecule has 1 heterocycles. The Bertz CT molecular complexity index is 1210. The van der Waals surface area contributed by atoms with Gasteiger partial charge in [0.1, 0.15) is 6.54 Å². The van der Waals surface area contributed by atoms with E-state index in [0.29, 0.717) is 37.6 Å². The number of carbonyl (C=O) groups is 2. The topological polar surface area (TPSA) is 59.1 Å². The largest absolute Gasteiger partial charge is 0.493 e. The van der Waals surface area contributed by atoms with E-state index >= 15 is 0 Å². The highest BCUT2D eigenvalue weighted by Gasteiger charge is 2.21. The van der Waals surface area contributed by atoms with Crippen LogP contribution in [0.1, 0.15) is 40.6 Å². The molecule has 38 heavy (non-hydrogen) atoms. The molecule has 3 rings (SSSR count). The van der Waals surface area contributed by atoms with Crippen LogP contribution in [0.25, 0.3) is 6.08 Å². The summed E-state index contributed by atoms with van der Waals surface area (Å²) in [6.07, 6.45) is 5.81. The Morgan fingerprint density at radius 3 is 2.34 bits per heavy atom. The van der Waals surface area contributed by atoms with Crippen molar-refractivity contribution in [3.05, 3.63) is 87.6 Å². The van der Waals surface area contributed by atoms with Crippen molar-refractivity contribution in [1.82, 2.24) is 9.80 Å². The average Bonchev–Trinajstić information content (AvgIpc) is 3.36. The van der Waals surface area contributed by atoms with Gasteiger partial charge in [-0.15, -0.1) is 11.3 Å². The summed E-state index contributed by atoms with van der Waals surface area (Å²) in [5.41, 5.74) is 2.00. The van der Waals surface area contributed by atoms with Gasteiger partial charge in [-0.25, -0.2) is 0 Å². The van der Waals surface area contributed by atoms with Crippen LogP contribution in [-0.4, -0.2) is 55.5 Å². The lowest BCUT2D eigenvalue weighted by atomic mass is 10.1. The van der Waals surface area contributed by atoms with E-state index in [0.717, 1.165) is 28.8 Å². The minimum atomic E-state index is -0.150. The number of rotatable bonds is 14. The number of aryl methyl sites for hydroxylation is 1. The van der Waals surface area contributed by atoms with Crippen LogP contribution in [0, 0.1) is 6.92 Å². The number of unbranched alkanes of at least 4 members (excludes halogenated alkanes) is 1. The maximum atomic E-state index is 13.6. The number of hydrogen-bond acceptors (Lipinski definition) is 5. The van der Waals surface area contributed by atoms with Crippen LogP contribution in [0.4, 0.5) is 0 Å². The molecule has 0 radical (unpaired) electrons. The third-order valence-corrected chi connectivity index (χ3v) is 7.24. The zero-order chi connectivity index (χ0) is 27.3. The van der Waals surface area contributed by atoms with Crippen LogP contribution in [0.15, 0.2) is 66.7 Å². The number of methoxy groups -OCH3 is 2. The van der Waals surface area contributed by atoms with Crippen LogP contribution < -0.4 is 9.47 Å². The fourth-order valence-electron chi connectivity index (χ4n) is 4.07. The van der Waals surface area contributed by atoms with Gasteiger partial charge >= 0.3 is 0 Å². The number of benzene rings is 2. The first-order valence-corrected chi connectivity index (χ1v) is 13.8. The molecule has 0 aliphatic heterocycles. The SMILES string of the molecule is CCCCN(CC(=O)N(CCc1ccc(OC)c(OC)c1)Cc1ccc(C)s1)C(=O)C=Cc1ccccc1. The van der Waals surface area contributed by atoms with Crippen LogP contribution in [0.5, 0.6) is 11.5 Å². The molecule has 3 aromatic rings. The second-order valence-electron chi connectivity index (χ2n) is 9.12. The highest BCUT2D eigenvalue weighted by Crippen LogP contribution is 2.28. The van der Waals surface area contributed by atoms with E-state index in [2.05, 4.69) is 26.0 Å². The lowest BCUT2D eigenvalue weighted by Gasteiger charge is -2.27. The third kappa shape index (κ3) is 8.77. The molecule has 202 valence electrons. The van der Waals surface area contributed by atoms with E-state index < -0.39 is 0 Å². The molecule has 0 aliphatic rings. The predicted octanol–water partition coefficient (Wildman–Crippen LogP) is 5.99. The molecule has 0 bridgehead atoms. The smallest absolute Gasteiger partial charge is 0.247 e. The predicted molar refractivity (Wildman–Crippen MR) is 155 cm³/mol. The molecular formula is C31H38N2O4S. The van der Waals surface area contributed by atoms with Crippen molar-refractivity contribution < 1.29 is 19.1 Å². The summed E-state index contributed by atoms with van der Waals surface area (Å²) in [5, 5.41) is 0. The summed E-state index contributed by atoms with van der Waals surface area (Å²) >= 11 is 1.69. The molecule has 6 nitrogen and oxygen atoms in total. The summed E-state index contributed by atoms with van der Waals surface area (Å²) < 4.78 is 10.8. The number of nitrogens with zero attached hydrogens (tertiary/aromatic N) is 2. The molecule has 7 heteroatoms. The van der Waals surface area contributed by atoms with Crippen LogP contribution >= 0.6 is 11.3 Å². The summed E-state index contributed by atoms with van der Waals surface area (Å²) in [5.74, 6) is 1.13. The third-order valence-electron chi connectivity index (χ3n) is 6.25. The quantitative estimate of drug-likeness (QED) is 0.239. The van der Waals surface area contributed by atoms with Gasteiger partial charge in [-0.2, -0.15) is 0 Å². The van der Waals surface area contributed by atoms with E-state index in [-0.39, 0.29) is 18.4 Å². The number of thiophene rings is 1. The first-order valence-electron chi connectivity index (χ1n) is 13.0. The van der Waals surface area contributed by atoms with Crippen molar-refractivity contribution in [2.45, 2.75) is 39.7 Å². The Labute approximate surface area is 230 Å². The van der Waals surface area contributed by atoms with E-state index in [1.165, 1.54) is 4.88 Å². The average molecular weight is 535 g/mol. The van der Waals surface area contributed by atoms with Gasteiger partial charge in [-0.3, -0.25) is 9.59 Å². The van der Waals surface area contributed by atoms with E-state index in [9.17, 15) is 9.59 Å². The molecule has 2 amide bonds. The molecule has 0 saturated heterocycles. The Hall–Kier alpha value is -3.58. The van der Waals surface area contributed by atoms with Crippen molar-refractivity contribution in [3.63, 3.8) is 0 Å². The monoisotopic (exact) mass is 534 g/mol. The zero-order valence-corrected chi connectivity index (χ0v) is 23.6. The van der Waals surface area contributed by atoms with Crippen molar-refractivity contribution in [2.24, 2.45) is 0 Å². The number of hydrogen-bond donors (Lipinski definition) is 0. The lowest BCUT2D eigenvalue weighted by Crippen LogP contribution is -2.43. The van der Waals surface area contributed by atoms with E-state index in [1.54, 1.807) is 42.6 Å². The zero-order valence-electron chi connectivity index (χ0n) is 22.8. The summed E-state index contributed by atoms with van der Waals surface area (Å²) in [4.78, 5) is 32.6. The molecule has 0 unspecified atom stereocenters. The lowest BCUT2D eigenvalue weighted by molar-refractivity contribution is -0.138. The Morgan fingerprint density at radius 2 is 1.68 bits per heavy atom. The van der Waals surface area contributed by atoms with Gasteiger partial charge in [0, 0.05) is 28.9 Å². The minimum absolute atomic E-state index is 0.0499. The van der Waals surface area contributed by atoms with Crippen LogP contribution in [0.2, 0.25) is 0 Å². The second kappa shape index (κ2) is 15.0. The highest BCUT2D eigenvalue weighted by molar-refractivity contribution is 7.11. The van der Waals surface area contributed by atoms with Gasteiger partial charge in [0.25, 0.3) is 0 Å². The maximum absolute atomic E-state index is 13.6. The van der Waals surface area contributed by atoms with E-state index in [4.69, 9.17) is 9.47 Å². The maximum Gasteiger partial charge on any atom is 0.247 e.